The summed E-state index contributed by atoms with van der Waals surface area (Å²) in [5, 5.41) is 63.2. The van der Waals surface area contributed by atoms with Gasteiger partial charge in [-0.3, -0.25) is 18.2 Å². The molecule has 18 heteroatoms. The number of aromatic hydroxyl groups is 2. The Hall–Kier alpha value is -2.46. The third-order valence-corrected chi connectivity index (χ3v) is 4.97. The monoisotopic (exact) mass is 674 g/mol. The van der Waals surface area contributed by atoms with E-state index in [2.05, 4.69) is 10.6 Å². The van der Waals surface area contributed by atoms with Gasteiger partial charge in [0.15, 0.2) is 0 Å². The summed E-state index contributed by atoms with van der Waals surface area (Å²) in [7, 11) is -9.33. The number of benzene rings is 2. The molecule has 0 fully saturated rings. The Morgan fingerprint density at radius 1 is 0.614 bits per heavy atom. The second kappa shape index (κ2) is 19.1. The van der Waals surface area contributed by atoms with E-state index in [1.165, 1.54) is 12.1 Å². The fourth-order valence-electron chi connectivity index (χ4n) is 2.92. The molecule has 2 aromatic rings. The maximum atomic E-state index is 9.97. The van der Waals surface area contributed by atoms with Crippen molar-refractivity contribution in [3.8, 4) is 11.5 Å². The van der Waals surface area contributed by atoms with E-state index in [9.17, 15) is 20.4 Å². The van der Waals surface area contributed by atoms with Crippen molar-refractivity contribution in [3.05, 3.63) is 58.7 Å². The molecule has 0 spiro atoms. The molecular weight excluding hydrogens is 628 g/mol. The van der Waals surface area contributed by atoms with Crippen LogP contribution in [0.15, 0.2) is 36.4 Å². The first-order valence-electron chi connectivity index (χ1n) is 12.8. The summed E-state index contributed by atoms with van der Waals surface area (Å²) < 4.78 is 63.2. The van der Waals surface area contributed by atoms with E-state index in [-0.39, 0.29) is 35.8 Å². The highest BCUT2D eigenvalue weighted by molar-refractivity contribution is 7.80. The van der Waals surface area contributed by atoms with Gasteiger partial charge in [0, 0.05) is 35.3 Å². The van der Waals surface area contributed by atoms with Crippen LogP contribution in [0.4, 0.5) is 0 Å². The van der Waals surface area contributed by atoms with Crippen LogP contribution in [0, 0.1) is 0 Å². The molecule has 0 amide bonds. The van der Waals surface area contributed by atoms with Crippen molar-refractivity contribution in [2.24, 2.45) is 0 Å². The van der Waals surface area contributed by atoms with Crippen molar-refractivity contribution >= 4 is 20.8 Å². The molecule has 0 saturated carbocycles. The van der Waals surface area contributed by atoms with Crippen LogP contribution >= 0.6 is 0 Å². The fourth-order valence-corrected chi connectivity index (χ4v) is 2.92. The highest BCUT2D eigenvalue weighted by Crippen LogP contribution is 2.23. The van der Waals surface area contributed by atoms with Crippen molar-refractivity contribution in [2.75, 3.05) is 13.1 Å². The molecule has 2 atom stereocenters. The molecule has 12 N–H and O–H groups in total. The van der Waals surface area contributed by atoms with Crippen LogP contribution < -0.4 is 10.6 Å². The highest BCUT2D eigenvalue weighted by Gasteiger charge is 2.16. The van der Waals surface area contributed by atoms with E-state index in [1.54, 1.807) is 24.3 Å². The smallest absolute Gasteiger partial charge is 0.394 e. The zero-order valence-corrected chi connectivity index (χ0v) is 27.0. The first-order chi connectivity index (χ1) is 19.7. The molecule has 0 radical (unpaired) electrons. The maximum absolute atomic E-state index is 9.97. The molecule has 16 nitrogen and oxygen atoms in total. The van der Waals surface area contributed by atoms with Crippen molar-refractivity contribution < 1.29 is 65.7 Å². The van der Waals surface area contributed by atoms with Crippen LogP contribution in [0.1, 0.15) is 76.0 Å². The zero-order valence-electron chi connectivity index (χ0n) is 25.4. The predicted molar refractivity (Wildman–Crippen MR) is 162 cm³/mol. The normalized spacial score (nSPS) is 13.2. The fraction of sp³-hybridized carbons (Fsp3) is 0.538. The number of hydrogen-bond acceptors (Lipinski definition) is 12. The standard InChI is InChI=1S/2C13H21NO3.2H2O4S/c2*1-13(2,3)14-7-12(17)9-4-5-11(16)10(6-9)8-15;2*1-5(2,3)4/h2*4-6,12,14-17H,7-8H2,1-3H3;2*(H2,1,2,3,4). The largest absolute Gasteiger partial charge is 0.508 e. The number of hydrogen-bond donors (Lipinski definition) is 12. The van der Waals surface area contributed by atoms with E-state index in [4.69, 9.17) is 45.3 Å². The van der Waals surface area contributed by atoms with Gasteiger partial charge in [0.1, 0.15) is 11.5 Å². The molecule has 0 aliphatic heterocycles. The molecule has 44 heavy (non-hydrogen) atoms. The van der Waals surface area contributed by atoms with Crippen molar-refractivity contribution in [2.45, 2.75) is 78.0 Å². The Kier molecular flexibility index (Phi) is 19.0. The summed E-state index contributed by atoms with van der Waals surface area (Å²) in [4.78, 5) is 0. The number of aliphatic hydroxyl groups excluding tert-OH is 4. The number of rotatable bonds is 8. The third-order valence-electron chi connectivity index (χ3n) is 4.97. The first kappa shape index (κ1) is 43.7. The molecule has 256 valence electrons. The Morgan fingerprint density at radius 2 is 0.864 bits per heavy atom. The Labute approximate surface area is 258 Å². The molecule has 0 heterocycles. The predicted octanol–water partition coefficient (Wildman–Crippen LogP) is 1.31. The van der Waals surface area contributed by atoms with E-state index in [1.807, 2.05) is 41.5 Å². The number of β-amino-alcohol motifs (C(OH)–C–C–N with tert-alkyl or cyclic N) is 2. The lowest BCUT2D eigenvalue weighted by Gasteiger charge is -2.23. The molecule has 0 aliphatic rings. The van der Waals surface area contributed by atoms with Gasteiger partial charge in [-0.1, -0.05) is 12.1 Å². The highest BCUT2D eigenvalue weighted by atomic mass is 32.3. The lowest BCUT2D eigenvalue weighted by Crippen LogP contribution is -2.38. The summed E-state index contributed by atoms with van der Waals surface area (Å²) in [5.41, 5.74) is 2.11. The molecule has 2 unspecified atom stereocenters. The van der Waals surface area contributed by atoms with E-state index in [0.29, 0.717) is 35.3 Å². The summed E-state index contributed by atoms with van der Waals surface area (Å²) in [6.45, 7) is 12.5. The van der Waals surface area contributed by atoms with Gasteiger partial charge in [-0.25, -0.2) is 0 Å². The second-order valence-electron chi connectivity index (χ2n) is 11.3. The minimum atomic E-state index is -4.67. The molecule has 0 saturated heterocycles. The molecule has 0 bridgehead atoms. The topological polar surface area (TPSA) is 295 Å². The van der Waals surface area contributed by atoms with Gasteiger partial charge >= 0.3 is 20.8 Å². The molecular formula is C26H46N2O14S2. The Bertz CT molecular complexity index is 1220. The van der Waals surface area contributed by atoms with E-state index in [0.717, 1.165) is 0 Å². The zero-order chi connectivity index (χ0) is 35.1. The van der Waals surface area contributed by atoms with E-state index >= 15 is 0 Å². The molecule has 2 aromatic carbocycles. The van der Waals surface area contributed by atoms with Crippen LogP contribution in [0.2, 0.25) is 0 Å². The van der Waals surface area contributed by atoms with Crippen molar-refractivity contribution in [3.63, 3.8) is 0 Å². The lowest BCUT2D eigenvalue weighted by atomic mass is 10.0. The van der Waals surface area contributed by atoms with Gasteiger partial charge in [-0.2, -0.15) is 16.8 Å². The summed E-state index contributed by atoms with van der Waals surface area (Å²) in [5.74, 6) is 0.0967. The second-order valence-corrected chi connectivity index (χ2v) is 13.1. The average Bonchev–Trinajstić information content (AvgIpc) is 2.84. The summed E-state index contributed by atoms with van der Waals surface area (Å²) in [6, 6.07) is 9.52. The van der Waals surface area contributed by atoms with E-state index < -0.39 is 33.0 Å². The maximum Gasteiger partial charge on any atom is 0.394 e. The summed E-state index contributed by atoms with van der Waals surface area (Å²) in [6.07, 6.45) is -1.31. The molecule has 0 aromatic heterocycles. The van der Waals surface area contributed by atoms with Gasteiger partial charge in [-0.15, -0.1) is 0 Å². The van der Waals surface area contributed by atoms with Crippen molar-refractivity contribution in [1.29, 1.82) is 0 Å². The van der Waals surface area contributed by atoms with Gasteiger partial charge in [-0.05, 0) is 76.9 Å². The third kappa shape index (κ3) is 26.0. The Balaban J connectivity index is 0. The van der Waals surface area contributed by atoms with Crippen LogP contribution in [0.25, 0.3) is 0 Å². The number of nitrogens with one attached hydrogen (secondary N) is 2. The summed E-state index contributed by atoms with van der Waals surface area (Å²) >= 11 is 0. The first-order valence-corrected chi connectivity index (χ1v) is 15.6. The van der Waals surface area contributed by atoms with Gasteiger partial charge in [0.25, 0.3) is 0 Å². The van der Waals surface area contributed by atoms with Gasteiger partial charge < -0.3 is 41.3 Å². The minimum Gasteiger partial charge on any atom is -0.508 e. The van der Waals surface area contributed by atoms with Crippen molar-refractivity contribution in [1.82, 2.24) is 10.6 Å². The van der Waals surface area contributed by atoms with Gasteiger partial charge in [0.05, 0.1) is 25.4 Å². The van der Waals surface area contributed by atoms with Crippen LogP contribution in [-0.2, 0) is 34.0 Å². The van der Waals surface area contributed by atoms with Crippen LogP contribution in [-0.4, -0.2) is 89.9 Å². The number of aliphatic hydroxyl groups is 4. The molecule has 2 rings (SSSR count). The van der Waals surface area contributed by atoms with Crippen LogP contribution in [0.3, 0.4) is 0 Å². The lowest BCUT2D eigenvalue weighted by molar-refractivity contribution is 0.162. The van der Waals surface area contributed by atoms with Gasteiger partial charge in [0.2, 0.25) is 0 Å². The van der Waals surface area contributed by atoms with Crippen LogP contribution in [0.5, 0.6) is 11.5 Å². The average molecular weight is 675 g/mol. The SMILES string of the molecule is CC(C)(C)NCC(O)c1ccc(O)c(CO)c1.CC(C)(C)NCC(O)c1ccc(O)c(CO)c1.O=S(=O)(O)O.O=S(=O)(O)O. The number of phenols is 2. The minimum absolute atomic E-state index is 0.0484. The quantitative estimate of drug-likeness (QED) is 0.176. The Morgan fingerprint density at radius 3 is 1.07 bits per heavy atom. The molecule has 0 aliphatic carbocycles.